The number of para-hydroxylation sites is 1. The molecule has 1 aromatic heterocycles. The van der Waals surface area contributed by atoms with Crippen molar-refractivity contribution >= 4 is 22.5 Å². The molecule has 3 rings (SSSR count). The number of hydrogen-bond acceptors (Lipinski definition) is 3. The average molecular weight is 284 g/mol. The summed E-state index contributed by atoms with van der Waals surface area (Å²) in [5, 5.41) is 1.76. The maximum absolute atomic E-state index is 6.25. The van der Waals surface area contributed by atoms with Crippen molar-refractivity contribution in [3.05, 3.63) is 76.9 Å². The van der Waals surface area contributed by atoms with Gasteiger partial charge in [0.05, 0.1) is 11.6 Å². The Hall–Kier alpha value is -1.94. The second-order valence-corrected chi connectivity index (χ2v) is 4.99. The summed E-state index contributed by atoms with van der Waals surface area (Å²) in [5.74, 6) is 5.71. The maximum Gasteiger partial charge on any atom is 0.0739 e. The molecule has 100 valence electrons. The Morgan fingerprint density at radius 1 is 1.05 bits per heavy atom. The van der Waals surface area contributed by atoms with Gasteiger partial charge in [-0.15, -0.1) is 0 Å². The third-order valence-electron chi connectivity index (χ3n) is 3.33. The number of aromatic nitrogens is 1. The Morgan fingerprint density at radius 2 is 1.80 bits per heavy atom. The normalized spacial score (nSPS) is 12.5. The third-order valence-corrected chi connectivity index (χ3v) is 3.67. The molecule has 0 saturated heterocycles. The summed E-state index contributed by atoms with van der Waals surface area (Å²) in [6, 6.07) is 17.5. The van der Waals surface area contributed by atoms with Gasteiger partial charge in [0.2, 0.25) is 0 Å². The lowest BCUT2D eigenvalue weighted by atomic mass is 9.99. The van der Waals surface area contributed by atoms with Crippen molar-refractivity contribution in [2.75, 3.05) is 0 Å². The standard InChI is InChI=1S/C16H14ClN3/c17-14-7-3-2-6-13(14)16(20-18)12-9-11-5-1-4-8-15(11)19-10-12/h1-10,16,20H,18H2. The largest absolute Gasteiger partial charge is 0.271 e. The number of hydrogen-bond donors (Lipinski definition) is 2. The van der Waals surface area contributed by atoms with Crippen LogP contribution in [0.1, 0.15) is 17.2 Å². The fourth-order valence-electron chi connectivity index (χ4n) is 2.32. The number of hydrazine groups is 1. The Kier molecular flexibility index (Phi) is 3.65. The summed E-state index contributed by atoms with van der Waals surface area (Å²) in [5.41, 5.74) is 5.70. The highest BCUT2D eigenvalue weighted by Crippen LogP contribution is 2.28. The highest BCUT2D eigenvalue weighted by Gasteiger charge is 2.15. The van der Waals surface area contributed by atoms with E-state index in [-0.39, 0.29) is 6.04 Å². The first-order valence-electron chi connectivity index (χ1n) is 6.35. The van der Waals surface area contributed by atoms with Crippen LogP contribution < -0.4 is 11.3 Å². The second-order valence-electron chi connectivity index (χ2n) is 4.58. The van der Waals surface area contributed by atoms with Crippen molar-refractivity contribution in [2.24, 2.45) is 5.84 Å². The quantitative estimate of drug-likeness (QED) is 0.572. The van der Waals surface area contributed by atoms with Crippen molar-refractivity contribution in [1.29, 1.82) is 0 Å². The molecule has 3 nitrogen and oxygen atoms in total. The first-order valence-corrected chi connectivity index (χ1v) is 6.72. The summed E-state index contributed by atoms with van der Waals surface area (Å²) in [7, 11) is 0. The van der Waals surface area contributed by atoms with Gasteiger partial charge in [-0.3, -0.25) is 10.8 Å². The van der Waals surface area contributed by atoms with Crippen LogP contribution in [0.15, 0.2) is 60.8 Å². The van der Waals surface area contributed by atoms with Crippen molar-refractivity contribution < 1.29 is 0 Å². The highest BCUT2D eigenvalue weighted by molar-refractivity contribution is 6.31. The van der Waals surface area contributed by atoms with Crippen LogP contribution >= 0.6 is 11.6 Å². The summed E-state index contributed by atoms with van der Waals surface area (Å²) in [6.45, 7) is 0. The number of pyridine rings is 1. The van der Waals surface area contributed by atoms with Crippen LogP contribution in [-0.4, -0.2) is 4.98 Å². The molecule has 1 heterocycles. The molecule has 1 atom stereocenters. The van der Waals surface area contributed by atoms with Gasteiger partial charge in [-0.25, -0.2) is 5.43 Å². The third kappa shape index (κ3) is 2.39. The molecule has 4 heteroatoms. The van der Waals surface area contributed by atoms with Crippen molar-refractivity contribution in [2.45, 2.75) is 6.04 Å². The zero-order valence-corrected chi connectivity index (χ0v) is 11.5. The van der Waals surface area contributed by atoms with E-state index in [0.29, 0.717) is 5.02 Å². The smallest absolute Gasteiger partial charge is 0.0739 e. The summed E-state index contributed by atoms with van der Waals surface area (Å²) >= 11 is 6.25. The number of nitrogens with zero attached hydrogens (tertiary/aromatic N) is 1. The van der Waals surface area contributed by atoms with Crippen LogP contribution in [0.3, 0.4) is 0 Å². The summed E-state index contributed by atoms with van der Waals surface area (Å²) in [4.78, 5) is 4.47. The zero-order chi connectivity index (χ0) is 13.9. The van der Waals surface area contributed by atoms with E-state index in [1.807, 2.05) is 54.7 Å². The molecule has 3 aromatic rings. The van der Waals surface area contributed by atoms with Gasteiger partial charge in [0, 0.05) is 16.6 Å². The summed E-state index contributed by atoms with van der Waals surface area (Å²) in [6.07, 6.45) is 1.83. The van der Waals surface area contributed by atoms with E-state index >= 15 is 0 Å². The van der Waals surface area contributed by atoms with E-state index < -0.39 is 0 Å². The molecule has 0 radical (unpaired) electrons. The van der Waals surface area contributed by atoms with E-state index in [2.05, 4.69) is 16.5 Å². The van der Waals surface area contributed by atoms with Gasteiger partial charge in [0.1, 0.15) is 0 Å². The molecule has 0 aliphatic rings. The topological polar surface area (TPSA) is 50.9 Å². The lowest BCUT2D eigenvalue weighted by Crippen LogP contribution is -2.29. The van der Waals surface area contributed by atoms with Crippen molar-refractivity contribution in [3.63, 3.8) is 0 Å². The van der Waals surface area contributed by atoms with E-state index in [4.69, 9.17) is 17.4 Å². The van der Waals surface area contributed by atoms with Gasteiger partial charge in [-0.05, 0) is 29.3 Å². The molecule has 0 bridgehead atoms. The molecule has 0 amide bonds. The van der Waals surface area contributed by atoms with E-state index in [1.165, 1.54) is 0 Å². The molecule has 1 unspecified atom stereocenters. The van der Waals surface area contributed by atoms with Crippen LogP contribution in [0.2, 0.25) is 5.02 Å². The highest BCUT2D eigenvalue weighted by atomic mass is 35.5. The van der Waals surface area contributed by atoms with Gasteiger partial charge in [0.15, 0.2) is 0 Å². The van der Waals surface area contributed by atoms with Crippen LogP contribution in [0.4, 0.5) is 0 Å². The zero-order valence-electron chi connectivity index (χ0n) is 10.8. The first-order chi connectivity index (χ1) is 9.79. The molecule has 3 N–H and O–H groups in total. The lowest BCUT2D eigenvalue weighted by molar-refractivity contribution is 0.636. The number of rotatable bonds is 3. The molecule has 0 spiro atoms. The predicted molar refractivity (Wildman–Crippen MR) is 82.4 cm³/mol. The molecular formula is C16H14ClN3. The van der Waals surface area contributed by atoms with Crippen molar-refractivity contribution in [3.8, 4) is 0 Å². The molecular weight excluding hydrogens is 270 g/mol. The number of nitrogens with one attached hydrogen (secondary N) is 1. The number of benzene rings is 2. The fraction of sp³-hybridized carbons (Fsp3) is 0.0625. The van der Waals surface area contributed by atoms with Crippen LogP contribution in [0.25, 0.3) is 10.9 Å². The fourth-order valence-corrected chi connectivity index (χ4v) is 2.57. The summed E-state index contributed by atoms with van der Waals surface area (Å²) < 4.78 is 0. The van der Waals surface area contributed by atoms with Crippen LogP contribution in [0, 0.1) is 0 Å². The minimum Gasteiger partial charge on any atom is -0.271 e. The molecule has 0 aliphatic carbocycles. The van der Waals surface area contributed by atoms with Gasteiger partial charge in [-0.2, -0.15) is 0 Å². The first kappa shape index (κ1) is 13.1. The van der Waals surface area contributed by atoms with E-state index in [9.17, 15) is 0 Å². The Balaban J connectivity index is 2.10. The van der Waals surface area contributed by atoms with Gasteiger partial charge in [0.25, 0.3) is 0 Å². The van der Waals surface area contributed by atoms with E-state index in [1.54, 1.807) is 0 Å². The van der Waals surface area contributed by atoms with Gasteiger partial charge >= 0.3 is 0 Å². The van der Waals surface area contributed by atoms with Gasteiger partial charge < -0.3 is 0 Å². The predicted octanol–water partition coefficient (Wildman–Crippen LogP) is 3.44. The number of fused-ring (bicyclic) bond motifs is 1. The lowest BCUT2D eigenvalue weighted by Gasteiger charge is -2.18. The molecule has 0 aliphatic heterocycles. The number of nitrogens with two attached hydrogens (primary N) is 1. The van der Waals surface area contributed by atoms with E-state index in [0.717, 1.165) is 22.0 Å². The molecule has 0 saturated carbocycles. The Bertz CT molecular complexity index is 742. The number of halogens is 1. The average Bonchev–Trinajstić information content (AvgIpc) is 2.50. The maximum atomic E-state index is 6.25. The SMILES string of the molecule is NNC(c1cnc2ccccc2c1)c1ccccc1Cl. The second kappa shape index (κ2) is 5.59. The Labute approximate surface area is 122 Å². The molecule has 2 aromatic carbocycles. The van der Waals surface area contributed by atoms with Gasteiger partial charge in [-0.1, -0.05) is 48.0 Å². The van der Waals surface area contributed by atoms with Crippen LogP contribution in [0.5, 0.6) is 0 Å². The molecule has 0 fully saturated rings. The van der Waals surface area contributed by atoms with Crippen LogP contribution in [-0.2, 0) is 0 Å². The van der Waals surface area contributed by atoms with Crippen molar-refractivity contribution in [1.82, 2.24) is 10.4 Å². The monoisotopic (exact) mass is 283 g/mol. The Morgan fingerprint density at radius 3 is 2.60 bits per heavy atom. The minimum atomic E-state index is -0.180. The minimum absolute atomic E-state index is 0.180. The molecule has 20 heavy (non-hydrogen) atoms.